The molecule has 0 spiro atoms. The van der Waals surface area contributed by atoms with Crippen LogP contribution in [-0.4, -0.2) is 25.7 Å². The van der Waals surface area contributed by atoms with Gasteiger partial charge in [0, 0.05) is 12.1 Å². The molecule has 0 heterocycles. The van der Waals surface area contributed by atoms with Gasteiger partial charge in [-0.05, 0) is 64.4 Å². The number of nitrogens with one attached hydrogen (secondary N) is 2. The molecular formula is C15H26N2. The molecule has 0 aliphatic rings. The summed E-state index contributed by atoms with van der Waals surface area (Å²) in [7, 11) is 2.00. The molecule has 96 valence electrons. The van der Waals surface area contributed by atoms with E-state index < -0.39 is 0 Å². The first-order chi connectivity index (χ1) is 7.94. The molecule has 2 nitrogen and oxygen atoms in total. The first kappa shape index (κ1) is 14.2. The lowest BCUT2D eigenvalue weighted by Gasteiger charge is -2.24. The summed E-state index contributed by atoms with van der Waals surface area (Å²) in [4.78, 5) is 0. The van der Waals surface area contributed by atoms with Crippen LogP contribution in [0.25, 0.3) is 0 Å². The molecule has 0 unspecified atom stereocenters. The molecule has 0 saturated heterocycles. The molecule has 1 rings (SSSR count). The van der Waals surface area contributed by atoms with Crippen molar-refractivity contribution in [2.75, 3.05) is 20.1 Å². The van der Waals surface area contributed by atoms with Crippen molar-refractivity contribution >= 4 is 0 Å². The highest BCUT2D eigenvalue weighted by Gasteiger charge is 2.12. The van der Waals surface area contributed by atoms with E-state index in [-0.39, 0.29) is 5.54 Å². The topological polar surface area (TPSA) is 24.1 Å². The fourth-order valence-electron chi connectivity index (χ4n) is 1.68. The van der Waals surface area contributed by atoms with E-state index in [9.17, 15) is 0 Å². The summed E-state index contributed by atoms with van der Waals surface area (Å²) in [6.45, 7) is 10.8. The maximum Gasteiger partial charge on any atom is 0.0246 e. The molecule has 17 heavy (non-hydrogen) atoms. The lowest BCUT2D eigenvalue weighted by atomic mass is 10.0. The molecule has 0 aliphatic carbocycles. The van der Waals surface area contributed by atoms with Crippen LogP contribution in [0.5, 0.6) is 0 Å². The molecule has 1 aromatic rings. The zero-order chi connectivity index (χ0) is 12.9. The molecule has 0 amide bonds. The minimum Gasteiger partial charge on any atom is -0.315 e. The van der Waals surface area contributed by atoms with Gasteiger partial charge in [0.2, 0.25) is 0 Å². The van der Waals surface area contributed by atoms with Crippen LogP contribution in [0.2, 0.25) is 0 Å². The maximum atomic E-state index is 3.50. The quantitative estimate of drug-likeness (QED) is 0.739. The van der Waals surface area contributed by atoms with E-state index in [4.69, 9.17) is 0 Å². The lowest BCUT2D eigenvalue weighted by Crippen LogP contribution is -2.46. The third-order valence-corrected chi connectivity index (χ3v) is 3.41. The summed E-state index contributed by atoms with van der Waals surface area (Å²) in [6, 6.07) is 6.73. The van der Waals surface area contributed by atoms with Crippen molar-refractivity contribution in [2.45, 2.75) is 39.7 Å². The van der Waals surface area contributed by atoms with Crippen LogP contribution in [0.1, 0.15) is 30.5 Å². The summed E-state index contributed by atoms with van der Waals surface area (Å²) >= 11 is 0. The third kappa shape index (κ3) is 4.88. The van der Waals surface area contributed by atoms with E-state index in [1.54, 1.807) is 0 Å². The van der Waals surface area contributed by atoms with Gasteiger partial charge in [-0.25, -0.2) is 0 Å². The van der Waals surface area contributed by atoms with E-state index in [0.717, 1.165) is 19.5 Å². The van der Waals surface area contributed by atoms with Crippen molar-refractivity contribution in [1.82, 2.24) is 10.6 Å². The summed E-state index contributed by atoms with van der Waals surface area (Å²) < 4.78 is 0. The Morgan fingerprint density at radius 3 is 2.41 bits per heavy atom. The highest BCUT2D eigenvalue weighted by molar-refractivity contribution is 5.30. The summed E-state index contributed by atoms with van der Waals surface area (Å²) in [5, 5.41) is 6.79. The molecule has 1 aromatic carbocycles. The van der Waals surface area contributed by atoms with Gasteiger partial charge < -0.3 is 10.6 Å². The number of aryl methyl sites for hydroxylation is 2. The second-order valence-electron chi connectivity index (χ2n) is 5.48. The van der Waals surface area contributed by atoms with Gasteiger partial charge in [0.15, 0.2) is 0 Å². The Bertz CT molecular complexity index is 356. The van der Waals surface area contributed by atoms with Crippen LogP contribution >= 0.6 is 0 Å². The van der Waals surface area contributed by atoms with E-state index in [1.165, 1.54) is 16.7 Å². The summed E-state index contributed by atoms with van der Waals surface area (Å²) in [6.07, 6.45) is 1.10. The molecule has 0 radical (unpaired) electrons. The molecule has 0 fully saturated rings. The Kier molecular flexibility index (Phi) is 5.16. The average molecular weight is 234 g/mol. The van der Waals surface area contributed by atoms with Crippen molar-refractivity contribution in [1.29, 1.82) is 0 Å². The Labute approximate surface area is 106 Å². The van der Waals surface area contributed by atoms with Crippen LogP contribution in [0.4, 0.5) is 0 Å². The second kappa shape index (κ2) is 6.18. The van der Waals surface area contributed by atoms with Gasteiger partial charge in [0.25, 0.3) is 0 Å². The van der Waals surface area contributed by atoms with Gasteiger partial charge in [-0.1, -0.05) is 18.2 Å². The zero-order valence-corrected chi connectivity index (χ0v) is 11.9. The number of hydrogen-bond donors (Lipinski definition) is 2. The number of rotatable bonds is 6. The average Bonchev–Trinajstić information content (AvgIpc) is 2.29. The Hall–Kier alpha value is -0.860. The maximum absolute atomic E-state index is 3.50. The Morgan fingerprint density at radius 2 is 1.82 bits per heavy atom. The SMILES string of the molecule is CNC(C)(C)CNCCc1ccc(C)c(C)c1. The monoisotopic (exact) mass is 234 g/mol. The molecule has 2 heteroatoms. The molecule has 0 aromatic heterocycles. The number of likely N-dealkylation sites (N-methyl/N-ethyl adjacent to an activating group) is 1. The number of hydrogen-bond acceptors (Lipinski definition) is 2. The first-order valence-electron chi connectivity index (χ1n) is 6.40. The van der Waals surface area contributed by atoms with E-state index in [1.807, 2.05) is 7.05 Å². The zero-order valence-electron chi connectivity index (χ0n) is 11.9. The third-order valence-electron chi connectivity index (χ3n) is 3.41. The first-order valence-corrected chi connectivity index (χ1v) is 6.40. The van der Waals surface area contributed by atoms with E-state index in [0.29, 0.717) is 0 Å². The van der Waals surface area contributed by atoms with Gasteiger partial charge >= 0.3 is 0 Å². The van der Waals surface area contributed by atoms with Crippen molar-refractivity contribution in [3.05, 3.63) is 34.9 Å². The van der Waals surface area contributed by atoms with Crippen LogP contribution < -0.4 is 10.6 Å². The van der Waals surface area contributed by atoms with E-state index in [2.05, 4.69) is 56.5 Å². The number of benzene rings is 1. The summed E-state index contributed by atoms with van der Waals surface area (Å²) in [5.41, 5.74) is 4.35. The van der Waals surface area contributed by atoms with Crippen LogP contribution in [-0.2, 0) is 6.42 Å². The predicted molar refractivity (Wildman–Crippen MR) is 75.6 cm³/mol. The van der Waals surface area contributed by atoms with Crippen LogP contribution in [0, 0.1) is 13.8 Å². The van der Waals surface area contributed by atoms with Gasteiger partial charge in [-0.3, -0.25) is 0 Å². The molecule has 0 saturated carbocycles. The second-order valence-corrected chi connectivity index (χ2v) is 5.48. The van der Waals surface area contributed by atoms with Crippen LogP contribution in [0.3, 0.4) is 0 Å². The highest BCUT2D eigenvalue weighted by Crippen LogP contribution is 2.10. The molecule has 0 bridgehead atoms. The minimum atomic E-state index is 0.170. The predicted octanol–water partition coefficient (Wildman–Crippen LogP) is 2.43. The van der Waals surface area contributed by atoms with Crippen LogP contribution in [0.15, 0.2) is 18.2 Å². The largest absolute Gasteiger partial charge is 0.315 e. The summed E-state index contributed by atoms with van der Waals surface area (Å²) in [5.74, 6) is 0. The lowest BCUT2D eigenvalue weighted by molar-refractivity contribution is 0.395. The smallest absolute Gasteiger partial charge is 0.0246 e. The molecular weight excluding hydrogens is 208 g/mol. The van der Waals surface area contributed by atoms with Gasteiger partial charge in [-0.2, -0.15) is 0 Å². The van der Waals surface area contributed by atoms with Gasteiger partial charge in [-0.15, -0.1) is 0 Å². The fourth-order valence-corrected chi connectivity index (χ4v) is 1.68. The van der Waals surface area contributed by atoms with E-state index >= 15 is 0 Å². The highest BCUT2D eigenvalue weighted by atomic mass is 15.0. The van der Waals surface area contributed by atoms with Gasteiger partial charge in [0.1, 0.15) is 0 Å². The Morgan fingerprint density at radius 1 is 1.12 bits per heavy atom. The molecule has 0 atom stereocenters. The Balaban J connectivity index is 2.34. The minimum absolute atomic E-state index is 0.170. The van der Waals surface area contributed by atoms with Gasteiger partial charge in [0.05, 0.1) is 0 Å². The fraction of sp³-hybridized carbons (Fsp3) is 0.600. The van der Waals surface area contributed by atoms with Crippen molar-refractivity contribution in [3.63, 3.8) is 0 Å². The standard InChI is InChI=1S/C15H26N2/c1-12-6-7-14(10-13(12)2)8-9-17-11-15(3,4)16-5/h6-7,10,16-17H,8-9,11H2,1-5H3. The normalized spacial score (nSPS) is 11.8. The molecule has 2 N–H and O–H groups in total. The molecule has 0 aliphatic heterocycles. The van der Waals surface area contributed by atoms with Crippen molar-refractivity contribution in [2.24, 2.45) is 0 Å². The van der Waals surface area contributed by atoms with Crippen molar-refractivity contribution < 1.29 is 0 Å². The van der Waals surface area contributed by atoms with Crippen molar-refractivity contribution in [3.8, 4) is 0 Å².